The first-order valence-electron chi connectivity index (χ1n) is 5.91. The van der Waals surface area contributed by atoms with E-state index in [2.05, 4.69) is 9.68 Å². The van der Waals surface area contributed by atoms with Crippen LogP contribution < -0.4 is 5.32 Å². The van der Waals surface area contributed by atoms with Crippen LogP contribution in [0.5, 0.6) is 0 Å². The van der Waals surface area contributed by atoms with Crippen LogP contribution in [0.4, 0.5) is 10.5 Å². The van der Waals surface area contributed by atoms with Gasteiger partial charge in [0.25, 0.3) is 0 Å². The second-order valence-corrected chi connectivity index (χ2v) is 7.42. The molecule has 0 saturated carbocycles. The summed E-state index contributed by atoms with van der Waals surface area (Å²) in [6, 6.07) is 12.2. The molecule has 0 spiro atoms. The van der Waals surface area contributed by atoms with Crippen molar-refractivity contribution in [3.05, 3.63) is 58.6 Å². The highest BCUT2D eigenvalue weighted by Gasteiger charge is 2.09. The quantitative estimate of drug-likeness (QED) is 0.860. The zero-order chi connectivity index (χ0) is 15.5. The molecule has 2 amide bonds. The SMILES string of the molecule is C[S@](=O)(=NC(=O)Nc1ccc(Cl)cc1)c1ccc(Cl)cc1. The number of urea groups is 1. The molecule has 2 aromatic carbocycles. The Morgan fingerprint density at radius 2 is 1.48 bits per heavy atom. The number of rotatable bonds is 2. The summed E-state index contributed by atoms with van der Waals surface area (Å²) >= 11 is 11.5. The number of benzene rings is 2. The lowest BCUT2D eigenvalue weighted by atomic mass is 10.3. The molecule has 0 saturated heterocycles. The summed E-state index contributed by atoms with van der Waals surface area (Å²) in [4.78, 5) is 12.3. The molecule has 21 heavy (non-hydrogen) atoms. The Morgan fingerprint density at radius 1 is 1.00 bits per heavy atom. The third kappa shape index (κ3) is 4.46. The highest BCUT2D eigenvalue weighted by molar-refractivity contribution is 7.93. The first-order chi connectivity index (χ1) is 9.87. The molecule has 0 aromatic heterocycles. The molecule has 1 atom stereocenters. The highest BCUT2D eigenvalue weighted by Crippen LogP contribution is 2.17. The molecule has 0 aliphatic heterocycles. The van der Waals surface area contributed by atoms with Crippen LogP contribution in [0.25, 0.3) is 0 Å². The lowest BCUT2D eigenvalue weighted by Gasteiger charge is -2.05. The number of carbonyl (C=O) groups excluding carboxylic acids is 1. The number of nitrogens with zero attached hydrogens (tertiary/aromatic N) is 1. The summed E-state index contributed by atoms with van der Waals surface area (Å²) in [5, 5.41) is 3.62. The average molecular weight is 343 g/mol. The van der Waals surface area contributed by atoms with Gasteiger partial charge in [0, 0.05) is 26.9 Å². The molecule has 0 unspecified atom stereocenters. The van der Waals surface area contributed by atoms with E-state index in [1.54, 1.807) is 48.5 Å². The maximum Gasteiger partial charge on any atom is 0.353 e. The van der Waals surface area contributed by atoms with Crippen molar-refractivity contribution in [2.75, 3.05) is 11.6 Å². The Hall–Kier alpha value is -1.56. The van der Waals surface area contributed by atoms with E-state index in [4.69, 9.17) is 23.2 Å². The van der Waals surface area contributed by atoms with Crippen LogP contribution in [0.1, 0.15) is 0 Å². The lowest BCUT2D eigenvalue weighted by molar-refractivity contribution is 0.260. The molecule has 1 N–H and O–H groups in total. The molecule has 110 valence electrons. The largest absolute Gasteiger partial charge is 0.353 e. The molecule has 0 radical (unpaired) electrons. The predicted octanol–water partition coefficient (Wildman–Crippen LogP) is 4.68. The minimum absolute atomic E-state index is 0.443. The number of amides is 2. The molecule has 0 aliphatic rings. The third-order valence-electron chi connectivity index (χ3n) is 2.60. The summed E-state index contributed by atoms with van der Waals surface area (Å²) in [6.07, 6.45) is 1.40. The van der Waals surface area contributed by atoms with Gasteiger partial charge < -0.3 is 5.32 Å². The Bertz CT molecular complexity index is 765. The van der Waals surface area contributed by atoms with Crippen molar-refractivity contribution in [1.82, 2.24) is 0 Å². The summed E-state index contributed by atoms with van der Waals surface area (Å²) in [5.41, 5.74) is 0.527. The van der Waals surface area contributed by atoms with E-state index in [9.17, 15) is 9.00 Å². The van der Waals surface area contributed by atoms with Crippen molar-refractivity contribution in [3.63, 3.8) is 0 Å². The maximum absolute atomic E-state index is 12.5. The van der Waals surface area contributed by atoms with Crippen LogP contribution in [0.15, 0.2) is 57.8 Å². The van der Waals surface area contributed by atoms with Gasteiger partial charge in [-0.25, -0.2) is 9.00 Å². The third-order valence-corrected chi connectivity index (χ3v) is 4.77. The van der Waals surface area contributed by atoms with Crippen LogP contribution in [-0.2, 0) is 9.73 Å². The van der Waals surface area contributed by atoms with Gasteiger partial charge in [-0.15, -0.1) is 4.36 Å². The summed E-state index contributed by atoms with van der Waals surface area (Å²) < 4.78 is 16.2. The van der Waals surface area contributed by atoms with E-state index >= 15 is 0 Å². The molecule has 0 aliphatic carbocycles. The van der Waals surface area contributed by atoms with Gasteiger partial charge in [0.05, 0.1) is 9.73 Å². The van der Waals surface area contributed by atoms with Gasteiger partial charge in [-0.05, 0) is 48.5 Å². The van der Waals surface area contributed by atoms with Crippen LogP contribution >= 0.6 is 23.2 Å². The van der Waals surface area contributed by atoms with Gasteiger partial charge in [-0.2, -0.15) is 0 Å². The minimum Gasteiger partial charge on any atom is -0.306 e. The van der Waals surface area contributed by atoms with Crippen molar-refractivity contribution in [2.45, 2.75) is 4.90 Å². The van der Waals surface area contributed by atoms with Crippen LogP contribution in [0.2, 0.25) is 10.0 Å². The van der Waals surface area contributed by atoms with E-state index in [0.717, 1.165) is 0 Å². The molecule has 7 heteroatoms. The topological polar surface area (TPSA) is 58.5 Å². The Balaban J connectivity index is 2.21. The number of nitrogens with one attached hydrogen (secondary N) is 1. The normalized spacial score (nSPS) is 13.3. The molecule has 0 heterocycles. The van der Waals surface area contributed by atoms with E-state index in [0.29, 0.717) is 20.6 Å². The van der Waals surface area contributed by atoms with Gasteiger partial charge in [0.2, 0.25) is 0 Å². The van der Waals surface area contributed by atoms with Gasteiger partial charge in [0.1, 0.15) is 0 Å². The molecule has 2 aromatic rings. The van der Waals surface area contributed by atoms with Crippen LogP contribution in [0.3, 0.4) is 0 Å². The minimum atomic E-state index is -2.83. The zero-order valence-corrected chi connectivity index (χ0v) is 13.4. The number of halogens is 2. The standard InChI is InChI=1S/C14H12Cl2N2O2S/c1-21(20,13-8-4-11(16)5-9-13)18-14(19)17-12-6-2-10(15)3-7-12/h2-9H,1H3,(H,17,19)/t21-/m1/s1. The average Bonchev–Trinajstić information content (AvgIpc) is 2.41. The Labute approximate surface area is 133 Å². The molecule has 2 rings (SSSR count). The van der Waals surface area contributed by atoms with Crippen molar-refractivity contribution >= 4 is 44.6 Å². The fourth-order valence-corrected chi connectivity index (χ4v) is 2.94. The number of anilines is 1. The second-order valence-electron chi connectivity index (χ2n) is 4.28. The van der Waals surface area contributed by atoms with Gasteiger partial charge in [0.15, 0.2) is 0 Å². The summed E-state index contributed by atoms with van der Waals surface area (Å²) in [5.74, 6) is 0. The van der Waals surface area contributed by atoms with Gasteiger partial charge in [-0.1, -0.05) is 23.2 Å². The number of hydrogen-bond donors (Lipinski definition) is 1. The second kappa shape index (κ2) is 6.47. The zero-order valence-electron chi connectivity index (χ0n) is 11.0. The molecule has 0 fully saturated rings. The van der Waals surface area contributed by atoms with Crippen molar-refractivity contribution < 1.29 is 9.00 Å². The van der Waals surface area contributed by atoms with E-state index in [-0.39, 0.29) is 0 Å². The predicted molar refractivity (Wildman–Crippen MR) is 86.7 cm³/mol. The first-order valence-corrected chi connectivity index (χ1v) is 8.59. The molecule has 4 nitrogen and oxygen atoms in total. The number of hydrogen-bond acceptors (Lipinski definition) is 2. The summed E-state index contributed by atoms with van der Waals surface area (Å²) in [7, 11) is -2.83. The number of carbonyl (C=O) groups is 1. The van der Waals surface area contributed by atoms with E-state index in [1.165, 1.54) is 6.26 Å². The molecule has 0 bridgehead atoms. The van der Waals surface area contributed by atoms with Gasteiger partial charge >= 0.3 is 6.03 Å². The molecular formula is C14H12Cl2N2O2S. The fraction of sp³-hybridized carbons (Fsp3) is 0.0714. The van der Waals surface area contributed by atoms with E-state index in [1.807, 2.05) is 0 Å². The molecular weight excluding hydrogens is 331 g/mol. The smallest absolute Gasteiger partial charge is 0.306 e. The van der Waals surface area contributed by atoms with E-state index < -0.39 is 15.8 Å². The Morgan fingerprint density at radius 3 is 2.00 bits per heavy atom. The van der Waals surface area contributed by atoms with Crippen molar-refractivity contribution in [3.8, 4) is 0 Å². The monoisotopic (exact) mass is 342 g/mol. The Kier molecular flexibility index (Phi) is 4.88. The first kappa shape index (κ1) is 15.8. The summed E-state index contributed by atoms with van der Waals surface area (Å²) in [6.45, 7) is 0. The lowest BCUT2D eigenvalue weighted by Crippen LogP contribution is -2.10. The van der Waals surface area contributed by atoms with Crippen LogP contribution in [-0.4, -0.2) is 16.5 Å². The highest BCUT2D eigenvalue weighted by atomic mass is 35.5. The fourth-order valence-electron chi connectivity index (χ4n) is 1.58. The van der Waals surface area contributed by atoms with Crippen molar-refractivity contribution in [1.29, 1.82) is 0 Å². The van der Waals surface area contributed by atoms with Crippen molar-refractivity contribution in [2.24, 2.45) is 4.36 Å². The maximum atomic E-state index is 12.5. The van der Waals surface area contributed by atoms with Gasteiger partial charge in [-0.3, -0.25) is 0 Å². The van der Waals surface area contributed by atoms with Crippen LogP contribution in [0, 0.1) is 0 Å².